The monoisotopic (exact) mass is 844 g/mol. The predicted molar refractivity (Wildman–Crippen MR) is 255 cm³/mol. The largest absolute Gasteiger partial charge is 0.422 e. The molecule has 0 aromatic heterocycles. The minimum atomic E-state index is -0.682. The lowest BCUT2D eigenvalue weighted by Crippen LogP contribution is -2.30. The van der Waals surface area contributed by atoms with E-state index < -0.39 is 11.9 Å². The first kappa shape index (κ1) is 44.4. The molecule has 8 nitrogen and oxygen atoms in total. The molecule has 1 saturated carbocycles. The SMILES string of the molecule is Cc1ccc(OC(=O)C(C#N)=Cc2ccc(NCCc3ccc(C4(c5ccc(CCNc6ccc(C=C(C#N)C(=O)Oc7ccc(C)cc7)cc6)cc5)CCCCC4)cc3)cc2)cc1. The second-order valence-electron chi connectivity index (χ2n) is 16.4. The second kappa shape index (κ2) is 21.4. The van der Waals surface area contributed by atoms with Crippen molar-refractivity contribution < 1.29 is 19.1 Å². The summed E-state index contributed by atoms with van der Waals surface area (Å²) in [6.07, 6.45) is 10.8. The zero-order chi connectivity index (χ0) is 44.7. The standard InChI is InChI=1S/C56H52N4O4/c1-40-6-26-52(27-7-40)63-54(61)46(38-57)36-44-14-22-50(23-15-44)59-34-30-42-10-18-48(19-11-42)56(32-4-3-5-33-56)49-20-12-43(13-21-49)31-35-60-51-24-16-45(17-25-51)37-47(39-58)55(62)64-53-28-8-41(2)9-29-53/h6-29,36-37,59-60H,3-5,30-35H2,1-2H3. The first-order chi connectivity index (χ1) is 31.2. The Morgan fingerprint density at radius 2 is 0.906 bits per heavy atom. The van der Waals surface area contributed by atoms with Gasteiger partial charge >= 0.3 is 11.9 Å². The summed E-state index contributed by atoms with van der Waals surface area (Å²) in [5.41, 5.74) is 10.7. The number of hydrogen-bond donors (Lipinski definition) is 2. The van der Waals surface area contributed by atoms with Gasteiger partial charge in [0.15, 0.2) is 0 Å². The van der Waals surface area contributed by atoms with Crippen LogP contribution in [0.2, 0.25) is 0 Å². The van der Waals surface area contributed by atoms with Gasteiger partial charge in [-0.3, -0.25) is 0 Å². The van der Waals surface area contributed by atoms with Crippen molar-refractivity contribution in [1.82, 2.24) is 0 Å². The number of ether oxygens (including phenoxy) is 2. The number of carbonyl (C=O) groups excluding carboxylic acids is 2. The molecule has 0 heterocycles. The summed E-state index contributed by atoms with van der Waals surface area (Å²) < 4.78 is 10.8. The van der Waals surface area contributed by atoms with Crippen LogP contribution in [0.3, 0.4) is 0 Å². The fraction of sp³-hybridized carbons (Fsp3) is 0.214. The molecule has 8 heteroatoms. The lowest BCUT2D eigenvalue weighted by atomic mass is 9.65. The zero-order valence-electron chi connectivity index (χ0n) is 36.4. The van der Waals surface area contributed by atoms with Crippen molar-refractivity contribution in [2.24, 2.45) is 0 Å². The normalized spacial score (nSPS) is 13.5. The summed E-state index contributed by atoms with van der Waals surface area (Å²) >= 11 is 0. The fourth-order valence-electron chi connectivity index (χ4n) is 8.12. The number of carbonyl (C=O) groups is 2. The quantitative estimate of drug-likeness (QED) is 0.0427. The first-order valence-electron chi connectivity index (χ1n) is 21.9. The Bertz CT molecular complexity index is 2480. The van der Waals surface area contributed by atoms with Gasteiger partial charge in [0.2, 0.25) is 0 Å². The van der Waals surface area contributed by atoms with Crippen LogP contribution in [0.5, 0.6) is 11.5 Å². The summed E-state index contributed by atoms with van der Waals surface area (Å²) in [6.45, 7) is 5.44. The van der Waals surface area contributed by atoms with Gasteiger partial charge < -0.3 is 20.1 Å². The summed E-state index contributed by atoms with van der Waals surface area (Å²) in [6, 6.07) is 51.9. The second-order valence-corrected chi connectivity index (χ2v) is 16.4. The first-order valence-corrected chi connectivity index (χ1v) is 21.9. The van der Waals surface area contributed by atoms with E-state index in [4.69, 9.17) is 9.47 Å². The van der Waals surface area contributed by atoms with Crippen molar-refractivity contribution in [2.45, 2.75) is 64.2 Å². The van der Waals surface area contributed by atoms with Gasteiger partial charge in [-0.2, -0.15) is 10.5 Å². The van der Waals surface area contributed by atoms with E-state index in [1.807, 2.05) is 98.8 Å². The van der Waals surface area contributed by atoms with E-state index in [0.29, 0.717) is 11.5 Å². The molecule has 6 aromatic carbocycles. The maximum atomic E-state index is 12.6. The average molecular weight is 845 g/mol. The minimum Gasteiger partial charge on any atom is -0.422 e. The summed E-state index contributed by atoms with van der Waals surface area (Å²) in [5.74, 6) is -0.561. The van der Waals surface area contributed by atoms with Gasteiger partial charge in [0.05, 0.1) is 0 Å². The van der Waals surface area contributed by atoms with Crippen molar-refractivity contribution in [1.29, 1.82) is 10.5 Å². The molecule has 64 heavy (non-hydrogen) atoms. The molecule has 320 valence electrons. The van der Waals surface area contributed by atoms with E-state index in [1.54, 1.807) is 36.4 Å². The molecule has 0 amide bonds. The summed E-state index contributed by atoms with van der Waals surface area (Å²) in [4.78, 5) is 25.2. The van der Waals surface area contributed by atoms with Crippen molar-refractivity contribution in [2.75, 3.05) is 23.7 Å². The van der Waals surface area contributed by atoms with Crippen molar-refractivity contribution in [3.8, 4) is 23.6 Å². The third-order valence-electron chi connectivity index (χ3n) is 11.8. The lowest BCUT2D eigenvalue weighted by molar-refractivity contribution is -0.130. The molecule has 0 radical (unpaired) electrons. The summed E-state index contributed by atoms with van der Waals surface area (Å²) in [5, 5.41) is 26.2. The Labute approximate surface area is 376 Å². The molecule has 1 fully saturated rings. The predicted octanol–water partition coefficient (Wildman–Crippen LogP) is 11.9. The van der Waals surface area contributed by atoms with Gasteiger partial charge in [-0.1, -0.05) is 127 Å². The Morgan fingerprint density at radius 3 is 1.27 bits per heavy atom. The Kier molecular flexibility index (Phi) is 14.8. The van der Waals surface area contributed by atoms with Crippen LogP contribution in [0.25, 0.3) is 12.2 Å². The lowest BCUT2D eigenvalue weighted by Gasteiger charge is -2.39. The zero-order valence-corrected chi connectivity index (χ0v) is 36.4. The molecule has 7 rings (SSSR count). The van der Waals surface area contributed by atoms with Crippen LogP contribution in [0.4, 0.5) is 11.4 Å². The number of nitrogens with one attached hydrogen (secondary N) is 2. The maximum Gasteiger partial charge on any atom is 0.354 e. The molecular formula is C56H52N4O4. The highest BCUT2D eigenvalue weighted by Gasteiger charge is 2.35. The van der Waals surface area contributed by atoms with Crippen LogP contribution in [0.1, 0.15) is 76.6 Å². The van der Waals surface area contributed by atoms with Gasteiger partial charge in [-0.25, -0.2) is 9.59 Å². The molecule has 0 saturated heterocycles. The van der Waals surface area contributed by atoms with Gasteiger partial charge in [0.25, 0.3) is 0 Å². The topological polar surface area (TPSA) is 124 Å². The Hall–Kier alpha value is -7.68. The molecule has 6 aromatic rings. The van der Waals surface area contributed by atoms with Crippen molar-refractivity contribution in [3.63, 3.8) is 0 Å². The van der Waals surface area contributed by atoms with Crippen LogP contribution >= 0.6 is 0 Å². The van der Waals surface area contributed by atoms with Gasteiger partial charge in [0.1, 0.15) is 34.8 Å². The molecule has 0 unspecified atom stereocenters. The average Bonchev–Trinajstić information content (AvgIpc) is 3.33. The molecular weight excluding hydrogens is 793 g/mol. The highest BCUT2D eigenvalue weighted by atomic mass is 16.5. The number of benzene rings is 6. The van der Waals surface area contributed by atoms with Crippen LogP contribution in [0, 0.1) is 36.5 Å². The number of anilines is 2. The molecule has 0 bridgehead atoms. The van der Waals surface area contributed by atoms with Crippen LogP contribution in [-0.2, 0) is 27.8 Å². The minimum absolute atomic E-state index is 0.00381. The molecule has 0 aliphatic heterocycles. The smallest absolute Gasteiger partial charge is 0.354 e. The third kappa shape index (κ3) is 11.8. The molecule has 2 N–H and O–H groups in total. The third-order valence-corrected chi connectivity index (χ3v) is 11.8. The number of aryl methyl sites for hydroxylation is 2. The van der Waals surface area contributed by atoms with E-state index in [2.05, 4.69) is 59.2 Å². The highest BCUT2D eigenvalue weighted by Crippen LogP contribution is 2.45. The van der Waals surface area contributed by atoms with E-state index in [-0.39, 0.29) is 16.6 Å². The Morgan fingerprint density at radius 1 is 0.531 bits per heavy atom. The van der Waals surface area contributed by atoms with E-state index in [1.165, 1.54) is 41.5 Å². The number of rotatable bonds is 16. The van der Waals surface area contributed by atoms with Gasteiger partial charge in [-0.05, 0) is 134 Å². The maximum absolute atomic E-state index is 12.6. The highest BCUT2D eigenvalue weighted by molar-refractivity contribution is 5.99. The summed E-state index contributed by atoms with van der Waals surface area (Å²) in [7, 11) is 0. The number of nitriles is 2. The van der Waals surface area contributed by atoms with Gasteiger partial charge in [0, 0.05) is 29.9 Å². The number of hydrogen-bond acceptors (Lipinski definition) is 8. The van der Waals surface area contributed by atoms with Crippen molar-refractivity contribution in [3.05, 3.63) is 201 Å². The number of esters is 2. The molecule has 0 atom stereocenters. The fourth-order valence-corrected chi connectivity index (χ4v) is 8.12. The van der Waals surface area contributed by atoms with Crippen LogP contribution in [0.15, 0.2) is 157 Å². The van der Waals surface area contributed by atoms with E-state index >= 15 is 0 Å². The Balaban J connectivity index is 0.891. The van der Waals surface area contributed by atoms with Gasteiger partial charge in [-0.15, -0.1) is 0 Å². The number of nitrogens with zero attached hydrogens (tertiary/aromatic N) is 2. The van der Waals surface area contributed by atoms with Crippen LogP contribution in [-0.4, -0.2) is 25.0 Å². The molecule has 1 aliphatic carbocycles. The molecule has 0 spiro atoms. The van der Waals surface area contributed by atoms with Crippen molar-refractivity contribution >= 4 is 35.5 Å². The van der Waals surface area contributed by atoms with Crippen LogP contribution < -0.4 is 20.1 Å². The molecule has 1 aliphatic rings. The van der Waals surface area contributed by atoms with E-state index in [0.717, 1.165) is 72.4 Å². The van der Waals surface area contributed by atoms with E-state index in [9.17, 15) is 20.1 Å².